The third-order valence-electron chi connectivity index (χ3n) is 2.37. The average molecular weight is 220 g/mol. The molecule has 2 aromatic rings. The molecule has 16 heavy (non-hydrogen) atoms. The van der Waals surface area contributed by atoms with Crippen LogP contribution in [0.2, 0.25) is 0 Å². The summed E-state index contributed by atoms with van der Waals surface area (Å²) in [5, 5.41) is 9.68. The van der Waals surface area contributed by atoms with Crippen LogP contribution in [0.25, 0.3) is 11.1 Å². The van der Waals surface area contributed by atoms with E-state index in [9.17, 15) is 13.9 Å². The molecule has 0 heterocycles. The van der Waals surface area contributed by atoms with Crippen LogP contribution in [0.1, 0.15) is 5.56 Å². The van der Waals surface area contributed by atoms with Crippen LogP contribution in [-0.2, 0) is 0 Å². The predicted octanol–water partition coefficient (Wildman–Crippen LogP) is 3.65. The van der Waals surface area contributed by atoms with E-state index in [-0.39, 0.29) is 11.3 Å². The molecule has 1 nitrogen and oxygen atoms in total. The number of aromatic hydroxyl groups is 1. The summed E-state index contributed by atoms with van der Waals surface area (Å²) < 4.78 is 26.2. The number of rotatable bonds is 1. The van der Waals surface area contributed by atoms with E-state index in [0.717, 1.165) is 17.7 Å². The molecule has 82 valence electrons. The van der Waals surface area contributed by atoms with Gasteiger partial charge in [0.15, 0.2) is 0 Å². The Labute approximate surface area is 92.0 Å². The topological polar surface area (TPSA) is 20.2 Å². The SMILES string of the molecule is Cc1ccc(-c2ccc(F)cc2F)c(O)c1. The molecular formula is C13H10F2O. The fraction of sp³-hybridized carbons (Fsp3) is 0.0769. The van der Waals surface area contributed by atoms with Gasteiger partial charge in [-0.2, -0.15) is 0 Å². The van der Waals surface area contributed by atoms with E-state index < -0.39 is 11.6 Å². The van der Waals surface area contributed by atoms with Crippen molar-refractivity contribution >= 4 is 0 Å². The molecule has 0 aliphatic carbocycles. The van der Waals surface area contributed by atoms with Crippen LogP contribution in [0, 0.1) is 18.6 Å². The molecule has 2 aromatic carbocycles. The number of benzene rings is 2. The van der Waals surface area contributed by atoms with Crippen LogP contribution in [0.5, 0.6) is 5.75 Å². The molecule has 2 rings (SSSR count). The molecule has 0 saturated carbocycles. The summed E-state index contributed by atoms with van der Waals surface area (Å²) in [6.07, 6.45) is 0. The first-order chi connectivity index (χ1) is 7.58. The standard InChI is InChI=1S/C13H10F2O/c1-8-2-4-11(13(16)6-8)10-5-3-9(14)7-12(10)15/h2-7,16H,1H3. The summed E-state index contributed by atoms with van der Waals surface area (Å²) in [6.45, 7) is 1.82. The largest absolute Gasteiger partial charge is 0.507 e. The summed E-state index contributed by atoms with van der Waals surface area (Å²) in [5.74, 6) is -1.32. The summed E-state index contributed by atoms with van der Waals surface area (Å²) in [5.41, 5.74) is 1.44. The Morgan fingerprint density at radius 2 is 1.62 bits per heavy atom. The molecule has 1 N–H and O–H groups in total. The van der Waals surface area contributed by atoms with Crippen LogP contribution in [0.3, 0.4) is 0 Å². The number of halogens is 2. The molecule has 0 aromatic heterocycles. The Morgan fingerprint density at radius 1 is 0.938 bits per heavy atom. The zero-order valence-electron chi connectivity index (χ0n) is 8.67. The van der Waals surface area contributed by atoms with Crippen LogP contribution >= 0.6 is 0 Å². The fourth-order valence-corrected chi connectivity index (χ4v) is 1.58. The molecule has 0 saturated heterocycles. The Balaban J connectivity index is 2.59. The van der Waals surface area contributed by atoms with Crippen molar-refractivity contribution in [2.75, 3.05) is 0 Å². The lowest BCUT2D eigenvalue weighted by Gasteiger charge is -2.06. The van der Waals surface area contributed by atoms with E-state index in [0.29, 0.717) is 5.56 Å². The smallest absolute Gasteiger partial charge is 0.134 e. The van der Waals surface area contributed by atoms with E-state index in [4.69, 9.17) is 0 Å². The molecule has 0 atom stereocenters. The van der Waals surface area contributed by atoms with Crippen LogP contribution in [-0.4, -0.2) is 5.11 Å². The van der Waals surface area contributed by atoms with Crippen molar-refractivity contribution in [1.29, 1.82) is 0 Å². The summed E-state index contributed by atoms with van der Waals surface area (Å²) in [4.78, 5) is 0. The maximum atomic E-state index is 13.5. The molecule has 0 bridgehead atoms. The first-order valence-electron chi connectivity index (χ1n) is 4.83. The van der Waals surface area contributed by atoms with E-state index in [1.807, 2.05) is 6.92 Å². The fourth-order valence-electron chi connectivity index (χ4n) is 1.58. The molecule has 0 aliphatic heterocycles. The van der Waals surface area contributed by atoms with E-state index in [2.05, 4.69) is 0 Å². The van der Waals surface area contributed by atoms with Crippen LogP contribution < -0.4 is 0 Å². The molecule has 0 amide bonds. The zero-order valence-corrected chi connectivity index (χ0v) is 8.67. The van der Waals surface area contributed by atoms with Gasteiger partial charge in [0.2, 0.25) is 0 Å². The lowest BCUT2D eigenvalue weighted by Crippen LogP contribution is -1.87. The van der Waals surface area contributed by atoms with Crippen molar-refractivity contribution in [3.05, 3.63) is 53.6 Å². The zero-order chi connectivity index (χ0) is 11.7. The van der Waals surface area contributed by atoms with Gasteiger partial charge in [-0.1, -0.05) is 12.1 Å². The second-order valence-electron chi connectivity index (χ2n) is 3.64. The van der Waals surface area contributed by atoms with Crippen molar-refractivity contribution < 1.29 is 13.9 Å². The number of phenolic OH excluding ortho intramolecular Hbond substituents is 1. The van der Waals surface area contributed by atoms with Gasteiger partial charge in [0.1, 0.15) is 17.4 Å². The Morgan fingerprint density at radius 3 is 2.25 bits per heavy atom. The number of hydrogen-bond donors (Lipinski definition) is 1. The maximum absolute atomic E-state index is 13.5. The minimum Gasteiger partial charge on any atom is -0.507 e. The highest BCUT2D eigenvalue weighted by Crippen LogP contribution is 2.31. The van der Waals surface area contributed by atoms with Gasteiger partial charge in [0.25, 0.3) is 0 Å². The maximum Gasteiger partial charge on any atom is 0.134 e. The molecule has 0 aliphatic rings. The quantitative estimate of drug-likeness (QED) is 0.777. The van der Waals surface area contributed by atoms with Gasteiger partial charge in [0, 0.05) is 17.2 Å². The predicted molar refractivity (Wildman–Crippen MR) is 58.2 cm³/mol. The molecule has 0 spiro atoms. The van der Waals surface area contributed by atoms with Crippen molar-refractivity contribution in [3.63, 3.8) is 0 Å². The van der Waals surface area contributed by atoms with Crippen molar-refractivity contribution in [3.8, 4) is 16.9 Å². The summed E-state index contributed by atoms with van der Waals surface area (Å²) in [7, 11) is 0. The van der Waals surface area contributed by atoms with Crippen molar-refractivity contribution in [1.82, 2.24) is 0 Å². The molecule has 3 heteroatoms. The Hall–Kier alpha value is -1.90. The molecule has 0 unspecified atom stereocenters. The highest BCUT2D eigenvalue weighted by atomic mass is 19.1. The lowest BCUT2D eigenvalue weighted by atomic mass is 10.0. The normalized spacial score (nSPS) is 10.4. The minimum atomic E-state index is -0.681. The number of aryl methyl sites for hydroxylation is 1. The summed E-state index contributed by atoms with van der Waals surface area (Å²) >= 11 is 0. The minimum absolute atomic E-state index is 0.00879. The second-order valence-corrected chi connectivity index (χ2v) is 3.64. The highest BCUT2D eigenvalue weighted by molar-refractivity contribution is 5.70. The summed E-state index contributed by atoms with van der Waals surface area (Å²) in [6, 6.07) is 8.19. The van der Waals surface area contributed by atoms with Crippen LogP contribution in [0.15, 0.2) is 36.4 Å². The lowest BCUT2D eigenvalue weighted by molar-refractivity contribution is 0.476. The molecule has 0 fully saturated rings. The third-order valence-corrected chi connectivity index (χ3v) is 2.37. The van der Waals surface area contributed by atoms with E-state index in [1.165, 1.54) is 12.1 Å². The van der Waals surface area contributed by atoms with E-state index >= 15 is 0 Å². The van der Waals surface area contributed by atoms with Gasteiger partial charge >= 0.3 is 0 Å². The van der Waals surface area contributed by atoms with Gasteiger partial charge < -0.3 is 5.11 Å². The first kappa shape index (κ1) is 10.6. The first-order valence-corrected chi connectivity index (χ1v) is 4.83. The number of phenols is 1. The third kappa shape index (κ3) is 1.89. The van der Waals surface area contributed by atoms with E-state index in [1.54, 1.807) is 12.1 Å². The molecule has 0 radical (unpaired) electrons. The molecular weight excluding hydrogens is 210 g/mol. The Kier molecular flexibility index (Phi) is 2.60. The van der Waals surface area contributed by atoms with Gasteiger partial charge in [-0.05, 0) is 30.7 Å². The van der Waals surface area contributed by atoms with Gasteiger partial charge in [-0.3, -0.25) is 0 Å². The second kappa shape index (κ2) is 3.93. The monoisotopic (exact) mass is 220 g/mol. The van der Waals surface area contributed by atoms with Crippen LogP contribution in [0.4, 0.5) is 8.78 Å². The van der Waals surface area contributed by atoms with Gasteiger partial charge in [-0.25, -0.2) is 8.78 Å². The van der Waals surface area contributed by atoms with Gasteiger partial charge in [0.05, 0.1) is 0 Å². The van der Waals surface area contributed by atoms with Gasteiger partial charge in [-0.15, -0.1) is 0 Å². The number of hydrogen-bond acceptors (Lipinski definition) is 1. The Bertz CT molecular complexity index is 486. The van der Waals surface area contributed by atoms with Crippen molar-refractivity contribution in [2.24, 2.45) is 0 Å². The highest BCUT2D eigenvalue weighted by Gasteiger charge is 2.10. The average Bonchev–Trinajstić information content (AvgIpc) is 2.19. The van der Waals surface area contributed by atoms with Crippen molar-refractivity contribution in [2.45, 2.75) is 6.92 Å².